The average Bonchev–Trinajstić information content (AvgIpc) is 3.23. The highest BCUT2D eigenvalue weighted by atomic mass is 32.2. The summed E-state index contributed by atoms with van der Waals surface area (Å²) in [5.74, 6) is 0.732. The molecule has 2 amide bonds. The van der Waals surface area contributed by atoms with Gasteiger partial charge >= 0.3 is 0 Å². The number of hydrogen-bond acceptors (Lipinski definition) is 5. The molecule has 3 aromatic rings. The molecule has 0 saturated carbocycles. The van der Waals surface area contributed by atoms with Crippen LogP contribution in [-0.4, -0.2) is 31.1 Å². The van der Waals surface area contributed by atoms with E-state index in [0.717, 1.165) is 22.5 Å². The first-order valence-corrected chi connectivity index (χ1v) is 12.9. The van der Waals surface area contributed by atoms with E-state index in [1.807, 2.05) is 37.3 Å². The third kappa shape index (κ3) is 5.47. The first kappa shape index (κ1) is 24.7. The molecular formula is C26H29N3O5S. The highest BCUT2D eigenvalue weighted by Gasteiger charge is 2.38. The maximum atomic E-state index is 14.0. The van der Waals surface area contributed by atoms with E-state index in [-0.39, 0.29) is 41.9 Å². The highest BCUT2D eigenvalue weighted by molar-refractivity contribution is 7.89. The number of aryl methyl sites for hydroxylation is 2. The lowest BCUT2D eigenvalue weighted by Crippen LogP contribution is -2.42. The maximum absolute atomic E-state index is 14.0. The quantitative estimate of drug-likeness (QED) is 0.518. The fourth-order valence-corrected chi connectivity index (χ4v) is 6.24. The summed E-state index contributed by atoms with van der Waals surface area (Å²) in [6.07, 6.45) is 0.484. The number of rotatable bonds is 7. The second kappa shape index (κ2) is 10.1. The molecule has 0 bridgehead atoms. The SMILES string of the molecule is CC(=O)Nc1ccc(C)cc1S(=O)(=O)N1CCc2ccccc2C1CC(=O)NCc1ccc(C)o1. The first-order valence-electron chi connectivity index (χ1n) is 11.4. The Bertz CT molecular complexity index is 1360. The lowest BCUT2D eigenvalue weighted by Gasteiger charge is -2.36. The van der Waals surface area contributed by atoms with Crippen molar-refractivity contribution in [2.24, 2.45) is 0 Å². The normalized spacial score (nSPS) is 15.9. The summed E-state index contributed by atoms with van der Waals surface area (Å²) in [7, 11) is -4.04. The van der Waals surface area contributed by atoms with Gasteiger partial charge in [-0.15, -0.1) is 0 Å². The monoisotopic (exact) mass is 495 g/mol. The van der Waals surface area contributed by atoms with Crippen molar-refractivity contribution >= 4 is 27.5 Å². The van der Waals surface area contributed by atoms with Gasteiger partial charge in [0, 0.05) is 19.9 Å². The van der Waals surface area contributed by atoms with E-state index < -0.39 is 16.1 Å². The number of carbonyl (C=O) groups is 2. The Kier molecular flexibility index (Phi) is 7.09. The lowest BCUT2D eigenvalue weighted by molar-refractivity contribution is -0.122. The Hall–Kier alpha value is -3.43. The molecule has 0 saturated heterocycles. The summed E-state index contributed by atoms with van der Waals surface area (Å²) in [6.45, 7) is 5.40. The van der Waals surface area contributed by atoms with Gasteiger partial charge in [-0.25, -0.2) is 8.42 Å². The van der Waals surface area contributed by atoms with Crippen molar-refractivity contribution in [3.63, 3.8) is 0 Å². The van der Waals surface area contributed by atoms with Gasteiger partial charge in [0.2, 0.25) is 21.8 Å². The summed E-state index contributed by atoms with van der Waals surface area (Å²) in [5, 5.41) is 5.46. The number of furan rings is 1. The van der Waals surface area contributed by atoms with Crippen LogP contribution < -0.4 is 10.6 Å². The predicted octanol–water partition coefficient (Wildman–Crippen LogP) is 3.85. The number of fused-ring (bicyclic) bond motifs is 1. The van der Waals surface area contributed by atoms with Gasteiger partial charge in [-0.1, -0.05) is 30.3 Å². The molecule has 35 heavy (non-hydrogen) atoms. The van der Waals surface area contributed by atoms with Gasteiger partial charge in [-0.05, 0) is 61.2 Å². The molecule has 0 radical (unpaired) electrons. The second-order valence-electron chi connectivity index (χ2n) is 8.75. The van der Waals surface area contributed by atoms with Crippen LogP contribution in [0.1, 0.15) is 47.6 Å². The number of nitrogens with one attached hydrogen (secondary N) is 2. The standard InChI is InChI=1S/C26H29N3O5S/c1-17-8-11-23(28-19(3)30)25(14-17)35(32,33)29-13-12-20-6-4-5-7-22(20)24(29)15-26(31)27-16-21-10-9-18(2)34-21/h4-11,14,24H,12-13,15-16H2,1-3H3,(H,27,31)(H,28,30). The van der Waals surface area contributed by atoms with E-state index in [4.69, 9.17) is 4.42 Å². The number of amides is 2. The zero-order chi connectivity index (χ0) is 25.2. The van der Waals surface area contributed by atoms with Gasteiger partial charge in [-0.2, -0.15) is 4.31 Å². The van der Waals surface area contributed by atoms with Crippen LogP contribution >= 0.6 is 0 Å². The molecule has 184 valence electrons. The summed E-state index contributed by atoms with van der Waals surface area (Å²) < 4.78 is 34.8. The van der Waals surface area contributed by atoms with Crippen LogP contribution in [-0.2, 0) is 32.6 Å². The number of benzene rings is 2. The molecule has 0 aliphatic carbocycles. The van der Waals surface area contributed by atoms with Gasteiger partial charge < -0.3 is 15.1 Å². The molecule has 1 aliphatic heterocycles. The number of nitrogens with zero attached hydrogens (tertiary/aromatic N) is 1. The van der Waals surface area contributed by atoms with Crippen LogP contribution in [0.3, 0.4) is 0 Å². The van der Waals surface area contributed by atoms with Crippen molar-refractivity contribution in [2.45, 2.75) is 51.1 Å². The number of carbonyl (C=O) groups excluding carboxylic acids is 2. The van der Waals surface area contributed by atoms with Crippen LogP contribution in [0, 0.1) is 13.8 Å². The Morgan fingerprint density at radius 2 is 1.86 bits per heavy atom. The summed E-state index contributed by atoms with van der Waals surface area (Å²) >= 11 is 0. The van der Waals surface area contributed by atoms with Crippen molar-refractivity contribution in [3.8, 4) is 0 Å². The van der Waals surface area contributed by atoms with E-state index in [0.29, 0.717) is 12.2 Å². The number of sulfonamides is 1. The fraction of sp³-hybridized carbons (Fsp3) is 0.308. The average molecular weight is 496 g/mol. The maximum Gasteiger partial charge on any atom is 0.245 e. The first-order chi connectivity index (χ1) is 16.6. The van der Waals surface area contributed by atoms with Crippen LogP contribution in [0.15, 0.2) is 63.9 Å². The summed E-state index contributed by atoms with van der Waals surface area (Å²) in [5.41, 5.74) is 2.79. The summed E-state index contributed by atoms with van der Waals surface area (Å²) in [4.78, 5) is 24.7. The Balaban J connectivity index is 1.67. The third-order valence-electron chi connectivity index (χ3n) is 6.03. The zero-order valence-corrected chi connectivity index (χ0v) is 20.8. The molecule has 1 atom stereocenters. The molecule has 1 aromatic heterocycles. The van der Waals surface area contributed by atoms with Gasteiger partial charge in [0.15, 0.2) is 0 Å². The minimum absolute atomic E-state index is 0.0172. The minimum atomic E-state index is -4.04. The van der Waals surface area contributed by atoms with Crippen LogP contribution in [0.2, 0.25) is 0 Å². The van der Waals surface area contributed by atoms with Crippen molar-refractivity contribution in [2.75, 3.05) is 11.9 Å². The van der Waals surface area contributed by atoms with Gasteiger partial charge in [0.1, 0.15) is 16.4 Å². The Morgan fingerprint density at radius 1 is 1.09 bits per heavy atom. The van der Waals surface area contributed by atoms with Gasteiger partial charge in [0.05, 0.1) is 18.3 Å². The van der Waals surface area contributed by atoms with Crippen LogP contribution in [0.4, 0.5) is 5.69 Å². The molecule has 9 heteroatoms. The predicted molar refractivity (Wildman–Crippen MR) is 132 cm³/mol. The molecule has 0 spiro atoms. The summed E-state index contributed by atoms with van der Waals surface area (Å²) in [6, 6.07) is 15.4. The van der Waals surface area contributed by atoms with Crippen LogP contribution in [0.25, 0.3) is 0 Å². The topological polar surface area (TPSA) is 109 Å². The van der Waals surface area contributed by atoms with E-state index >= 15 is 0 Å². The molecule has 2 aromatic carbocycles. The van der Waals surface area contributed by atoms with Gasteiger partial charge in [0.25, 0.3) is 0 Å². The fourth-order valence-electron chi connectivity index (χ4n) is 4.40. The minimum Gasteiger partial charge on any atom is -0.465 e. The Labute approximate surface area is 205 Å². The molecule has 2 N–H and O–H groups in total. The second-order valence-corrected chi connectivity index (χ2v) is 10.6. The Morgan fingerprint density at radius 3 is 2.57 bits per heavy atom. The zero-order valence-electron chi connectivity index (χ0n) is 20.0. The third-order valence-corrected chi connectivity index (χ3v) is 7.98. The number of hydrogen-bond donors (Lipinski definition) is 2. The molecule has 4 rings (SSSR count). The molecule has 8 nitrogen and oxygen atoms in total. The van der Waals surface area contributed by atoms with E-state index in [9.17, 15) is 18.0 Å². The number of anilines is 1. The van der Waals surface area contributed by atoms with Gasteiger partial charge in [-0.3, -0.25) is 9.59 Å². The largest absolute Gasteiger partial charge is 0.465 e. The van der Waals surface area contributed by atoms with Crippen molar-refractivity contribution in [1.29, 1.82) is 0 Å². The smallest absolute Gasteiger partial charge is 0.245 e. The van der Waals surface area contributed by atoms with Crippen molar-refractivity contribution in [1.82, 2.24) is 9.62 Å². The molecular weight excluding hydrogens is 466 g/mol. The van der Waals surface area contributed by atoms with Crippen molar-refractivity contribution < 1.29 is 22.4 Å². The molecule has 1 aliphatic rings. The molecule has 0 fully saturated rings. The van der Waals surface area contributed by atoms with Crippen LogP contribution in [0.5, 0.6) is 0 Å². The van der Waals surface area contributed by atoms with E-state index in [1.165, 1.54) is 11.2 Å². The molecule has 1 unspecified atom stereocenters. The van der Waals surface area contributed by atoms with E-state index in [1.54, 1.807) is 31.2 Å². The molecule has 2 heterocycles. The van der Waals surface area contributed by atoms with E-state index in [2.05, 4.69) is 10.6 Å². The lowest BCUT2D eigenvalue weighted by atomic mass is 9.92. The van der Waals surface area contributed by atoms with Crippen molar-refractivity contribution in [3.05, 3.63) is 82.8 Å². The highest BCUT2D eigenvalue weighted by Crippen LogP contribution is 2.38.